The fourth-order valence-corrected chi connectivity index (χ4v) is 3.21. The minimum Gasteiger partial charge on any atom is -0.466 e. The standard InChI is InChI=1S/C22H25NO2/c1-4-25-22(24)12-10-16-9-11-20-17(13-16)14-21(23-20)19-8-6-5-7-18(19)15(2)3/h5-9,11,13-15,23H,4,10,12H2,1-3H3. The van der Waals surface area contributed by atoms with Crippen molar-refractivity contribution in [3.63, 3.8) is 0 Å². The molecule has 0 bridgehead atoms. The highest BCUT2D eigenvalue weighted by molar-refractivity contribution is 5.87. The number of benzene rings is 2. The molecule has 3 rings (SSSR count). The summed E-state index contributed by atoms with van der Waals surface area (Å²) in [7, 11) is 0. The van der Waals surface area contributed by atoms with Crippen molar-refractivity contribution in [2.75, 3.05) is 6.61 Å². The van der Waals surface area contributed by atoms with E-state index in [1.165, 1.54) is 16.5 Å². The molecule has 1 aromatic heterocycles. The van der Waals surface area contributed by atoms with Gasteiger partial charge < -0.3 is 9.72 Å². The molecule has 0 fully saturated rings. The van der Waals surface area contributed by atoms with E-state index in [4.69, 9.17) is 4.74 Å². The van der Waals surface area contributed by atoms with Crippen LogP contribution in [0.4, 0.5) is 0 Å². The quantitative estimate of drug-likeness (QED) is 0.608. The van der Waals surface area contributed by atoms with Gasteiger partial charge in [0.2, 0.25) is 0 Å². The van der Waals surface area contributed by atoms with Gasteiger partial charge in [-0.1, -0.05) is 44.2 Å². The topological polar surface area (TPSA) is 42.1 Å². The average Bonchev–Trinajstić information content (AvgIpc) is 3.03. The molecule has 0 amide bonds. The van der Waals surface area contributed by atoms with Crippen LogP contribution >= 0.6 is 0 Å². The SMILES string of the molecule is CCOC(=O)CCc1ccc2[nH]c(-c3ccccc3C(C)C)cc2c1. The minimum atomic E-state index is -0.136. The summed E-state index contributed by atoms with van der Waals surface area (Å²) in [5.74, 6) is 0.339. The van der Waals surface area contributed by atoms with Crippen molar-refractivity contribution < 1.29 is 9.53 Å². The highest BCUT2D eigenvalue weighted by Gasteiger charge is 2.11. The normalized spacial score (nSPS) is 11.2. The van der Waals surface area contributed by atoms with Gasteiger partial charge in [-0.2, -0.15) is 0 Å². The van der Waals surface area contributed by atoms with Gasteiger partial charge in [-0.05, 0) is 48.6 Å². The van der Waals surface area contributed by atoms with Crippen molar-refractivity contribution in [1.82, 2.24) is 4.98 Å². The highest BCUT2D eigenvalue weighted by atomic mass is 16.5. The van der Waals surface area contributed by atoms with E-state index in [0.29, 0.717) is 25.4 Å². The molecule has 0 radical (unpaired) electrons. The Morgan fingerprint density at radius 1 is 1.12 bits per heavy atom. The summed E-state index contributed by atoms with van der Waals surface area (Å²) in [5, 5.41) is 1.18. The first kappa shape index (κ1) is 17.3. The van der Waals surface area contributed by atoms with Crippen molar-refractivity contribution in [1.29, 1.82) is 0 Å². The Kier molecular flexibility index (Phi) is 5.22. The smallest absolute Gasteiger partial charge is 0.306 e. The first-order chi connectivity index (χ1) is 12.1. The van der Waals surface area contributed by atoms with Crippen LogP contribution in [0.2, 0.25) is 0 Å². The molecule has 0 saturated heterocycles. The van der Waals surface area contributed by atoms with Crippen LogP contribution in [0.25, 0.3) is 22.2 Å². The van der Waals surface area contributed by atoms with Gasteiger partial charge in [0, 0.05) is 28.6 Å². The van der Waals surface area contributed by atoms with Gasteiger partial charge in [-0.3, -0.25) is 4.79 Å². The molecule has 3 aromatic rings. The van der Waals surface area contributed by atoms with E-state index in [-0.39, 0.29) is 5.97 Å². The fraction of sp³-hybridized carbons (Fsp3) is 0.318. The van der Waals surface area contributed by atoms with E-state index in [9.17, 15) is 4.79 Å². The molecular weight excluding hydrogens is 310 g/mol. The summed E-state index contributed by atoms with van der Waals surface area (Å²) in [6.45, 7) is 6.71. The number of fused-ring (bicyclic) bond motifs is 1. The number of aryl methyl sites for hydroxylation is 1. The van der Waals surface area contributed by atoms with Crippen molar-refractivity contribution in [3.05, 3.63) is 59.7 Å². The molecule has 0 aliphatic rings. The van der Waals surface area contributed by atoms with Gasteiger partial charge in [-0.25, -0.2) is 0 Å². The highest BCUT2D eigenvalue weighted by Crippen LogP contribution is 2.31. The van der Waals surface area contributed by atoms with Crippen LogP contribution in [-0.2, 0) is 16.0 Å². The van der Waals surface area contributed by atoms with E-state index in [2.05, 4.69) is 67.4 Å². The molecule has 2 aromatic carbocycles. The second-order valence-corrected chi connectivity index (χ2v) is 6.65. The maximum Gasteiger partial charge on any atom is 0.306 e. The molecule has 25 heavy (non-hydrogen) atoms. The van der Waals surface area contributed by atoms with Gasteiger partial charge in [0.15, 0.2) is 0 Å². The number of aromatic amines is 1. The third-order valence-corrected chi connectivity index (χ3v) is 4.48. The molecule has 1 N–H and O–H groups in total. The van der Waals surface area contributed by atoms with Crippen LogP contribution < -0.4 is 0 Å². The molecule has 0 atom stereocenters. The average molecular weight is 335 g/mol. The number of ether oxygens (including phenoxy) is 1. The largest absolute Gasteiger partial charge is 0.466 e. The van der Waals surface area contributed by atoms with Gasteiger partial charge in [0.1, 0.15) is 0 Å². The molecule has 0 aliphatic heterocycles. The second-order valence-electron chi connectivity index (χ2n) is 6.65. The number of hydrogen-bond acceptors (Lipinski definition) is 2. The maximum absolute atomic E-state index is 11.5. The van der Waals surface area contributed by atoms with E-state index in [1.807, 2.05) is 6.92 Å². The lowest BCUT2D eigenvalue weighted by Crippen LogP contribution is -2.04. The summed E-state index contributed by atoms with van der Waals surface area (Å²) in [5.41, 5.74) is 6.01. The summed E-state index contributed by atoms with van der Waals surface area (Å²) < 4.78 is 5.00. The van der Waals surface area contributed by atoms with Crippen LogP contribution in [0.15, 0.2) is 48.5 Å². The van der Waals surface area contributed by atoms with Crippen LogP contribution in [0, 0.1) is 0 Å². The summed E-state index contributed by atoms with van der Waals surface area (Å²) in [6, 6.07) is 17.1. The van der Waals surface area contributed by atoms with Crippen molar-refractivity contribution in [2.45, 2.75) is 39.5 Å². The molecule has 3 nitrogen and oxygen atoms in total. The third-order valence-electron chi connectivity index (χ3n) is 4.48. The molecule has 3 heteroatoms. The first-order valence-corrected chi connectivity index (χ1v) is 8.95. The number of nitrogens with one attached hydrogen (secondary N) is 1. The zero-order valence-corrected chi connectivity index (χ0v) is 15.1. The predicted octanol–water partition coefficient (Wildman–Crippen LogP) is 5.45. The summed E-state index contributed by atoms with van der Waals surface area (Å²) >= 11 is 0. The molecule has 0 spiro atoms. The first-order valence-electron chi connectivity index (χ1n) is 8.95. The zero-order valence-electron chi connectivity index (χ0n) is 15.1. The fourth-order valence-electron chi connectivity index (χ4n) is 3.21. The lowest BCUT2D eigenvalue weighted by atomic mass is 9.95. The third kappa shape index (κ3) is 3.93. The lowest BCUT2D eigenvalue weighted by Gasteiger charge is -2.10. The van der Waals surface area contributed by atoms with E-state index in [1.54, 1.807) is 0 Å². The molecule has 1 heterocycles. The Hall–Kier alpha value is -2.55. The van der Waals surface area contributed by atoms with Gasteiger partial charge in [0.05, 0.1) is 6.61 Å². The number of esters is 1. The lowest BCUT2D eigenvalue weighted by molar-refractivity contribution is -0.143. The summed E-state index contributed by atoms with van der Waals surface area (Å²) in [6.07, 6.45) is 1.13. The second kappa shape index (κ2) is 7.56. The van der Waals surface area contributed by atoms with Gasteiger partial charge >= 0.3 is 5.97 Å². The Bertz CT molecular complexity index is 877. The Balaban J connectivity index is 1.87. The van der Waals surface area contributed by atoms with Crippen LogP contribution in [0.1, 0.15) is 44.2 Å². The van der Waals surface area contributed by atoms with E-state index >= 15 is 0 Å². The van der Waals surface area contributed by atoms with Crippen molar-refractivity contribution in [2.24, 2.45) is 0 Å². The number of aromatic nitrogens is 1. The molecule has 0 saturated carbocycles. The summed E-state index contributed by atoms with van der Waals surface area (Å²) in [4.78, 5) is 15.1. The predicted molar refractivity (Wildman–Crippen MR) is 103 cm³/mol. The number of H-pyrrole nitrogens is 1. The monoisotopic (exact) mass is 335 g/mol. The number of rotatable bonds is 6. The minimum absolute atomic E-state index is 0.136. The van der Waals surface area contributed by atoms with Crippen LogP contribution in [-0.4, -0.2) is 17.6 Å². The number of carbonyl (C=O) groups excluding carboxylic acids is 1. The Morgan fingerprint density at radius 2 is 1.92 bits per heavy atom. The number of hydrogen-bond donors (Lipinski definition) is 1. The Morgan fingerprint density at radius 3 is 2.68 bits per heavy atom. The molecule has 0 unspecified atom stereocenters. The molecule has 0 aliphatic carbocycles. The maximum atomic E-state index is 11.5. The van der Waals surface area contributed by atoms with Crippen LogP contribution in [0.5, 0.6) is 0 Å². The van der Waals surface area contributed by atoms with Gasteiger partial charge in [0.25, 0.3) is 0 Å². The molecular formula is C22H25NO2. The zero-order chi connectivity index (χ0) is 17.8. The van der Waals surface area contributed by atoms with Crippen molar-refractivity contribution >= 4 is 16.9 Å². The van der Waals surface area contributed by atoms with E-state index in [0.717, 1.165) is 16.8 Å². The molecule has 130 valence electrons. The van der Waals surface area contributed by atoms with E-state index < -0.39 is 0 Å². The van der Waals surface area contributed by atoms with Gasteiger partial charge in [-0.15, -0.1) is 0 Å². The Labute approximate surface area is 149 Å². The van der Waals surface area contributed by atoms with Crippen LogP contribution in [0.3, 0.4) is 0 Å². The van der Waals surface area contributed by atoms with Crippen molar-refractivity contribution in [3.8, 4) is 11.3 Å². The number of carbonyl (C=O) groups is 1.